The standard InChI is InChI=1S/C10H20O2.2C8H17.Sn/c1-9(2)7-5-4-6-8-12-10(3)11;2*1-3-5-7-8-6-4-2;/h9H,4-8H2,1-3H3;2*1,3-8H2,2H3;. The summed E-state index contributed by atoms with van der Waals surface area (Å²) < 4.78 is 8.12. The van der Waals surface area contributed by atoms with E-state index in [4.69, 9.17) is 4.74 Å². The quantitative estimate of drug-likeness (QED) is 0.0915. The molecule has 0 saturated heterocycles. The summed E-state index contributed by atoms with van der Waals surface area (Å²) in [5, 5.41) is 0. The molecule has 174 valence electrons. The van der Waals surface area contributed by atoms with Gasteiger partial charge in [0.1, 0.15) is 0 Å². The number of carbonyl (C=O) groups excluding carboxylic acids is 1. The second-order valence-corrected chi connectivity index (χ2v) is 13.1. The summed E-state index contributed by atoms with van der Waals surface area (Å²) >= 11 is 0.0736. The van der Waals surface area contributed by atoms with Crippen LogP contribution < -0.4 is 0 Å². The van der Waals surface area contributed by atoms with Crippen LogP contribution in [-0.4, -0.2) is 33.7 Å². The summed E-state index contributed by atoms with van der Waals surface area (Å²) in [7, 11) is 0. The molecule has 2 nitrogen and oxygen atoms in total. The van der Waals surface area contributed by atoms with Gasteiger partial charge in [-0.3, -0.25) is 4.79 Å². The van der Waals surface area contributed by atoms with Gasteiger partial charge in [-0.05, 0) is 12.3 Å². The van der Waals surface area contributed by atoms with E-state index in [0.29, 0.717) is 6.61 Å². The third-order valence-corrected chi connectivity index (χ3v) is 9.18. The van der Waals surface area contributed by atoms with E-state index >= 15 is 0 Å². The van der Waals surface area contributed by atoms with E-state index in [2.05, 4.69) is 27.7 Å². The van der Waals surface area contributed by atoms with Crippen molar-refractivity contribution in [2.75, 3.05) is 6.61 Å². The van der Waals surface area contributed by atoms with Crippen molar-refractivity contribution in [1.82, 2.24) is 0 Å². The molecule has 0 atom stereocenters. The van der Waals surface area contributed by atoms with E-state index in [-0.39, 0.29) is 27.1 Å². The summed E-state index contributed by atoms with van der Waals surface area (Å²) in [6.07, 6.45) is 22.5. The van der Waals surface area contributed by atoms with Crippen LogP contribution in [0.25, 0.3) is 0 Å². The molecule has 0 aliphatic rings. The molecule has 0 aromatic heterocycles. The van der Waals surface area contributed by atoms with Gasteiger partial charge in [-0.2, -0.15) is 0 Å². The van der Waals surface area contributed by atoms with E-state index in [1.807, 2.05) is 0 Å². The third-order valence-electron chi connectivity index (χ3n) is 5.15. The number of unbranched alkanes of at least 4 members (excludes halogenated alkanes) is 12. The fourth-order valence-corrected chi connectivity index (χ4v) is 6.80. The maximum absolute atomic E-state index is 10.4. The van der Waals surface area contributed by atoms with Gasteiger partial charge in [0.05, 0.1) is 6.61 Å². The molecular weight excluding hydrogens is 463 g/mol. The zero-order chi connectivity index (χ0) is 22.0. The van der Waals surface area contributed by atoms with E-state index in [1.165, 1.54) is 90.4 Å². The van der Waals surface area contributed by atoms with Crippen LogP contribution in [0, 0.1) is 5.92 Å². The summed E-state index contributed by atoms with van der Waals surface area (Å²) in [5.74, 6) is 0.623. The molecule has 0 unspecified atom stereocenters. The predicted molar refractivity (Wildman–Crippen MR) is 132 cm³/mol. The molecule has 0 heterocycles. The Bertz CT molecular complexity index is 291. The molecule has 0 aromatic carbocycles. The van der Waals surface area contributed by atoms with E-state index in [9.17, 15) is 4.79 Å². The fourth-order valence-electron chi connectivity index (χ4n) is 3.23. The van der Waals surface area contributed by atoms with Gasteiger partial charge in [0.25, 0.3) is 0 Å². The third kappa shape index (κ3) is 36.0. The van der Waals surface area contributed by atoms with Crippen LogP contribution >= 0.6 is 0 Å². The Morgan fingerprint density at radius 3 is 1.59 bits per heavy atom. The first-order valence-corrected chi connectivity index (χ1v) is 16.9. The Morgan fingerprint density at radius 1 is 0.690 bits per heavy atom. The number of hydrogen-bond donors (Lipinski definition) is 0. The van der Waals surface area contributed by atoms with Crippen LogP contribution in [0.5, 0.6) is 0 Å². The fraction of sp³-hybridized carbons (Fsp3) is 0.962. The van der Waals surface area contributed by atoms with Gasteiger partial charge < -0.3 is 4.74 Å². The van der Waals surface area contributed by atoms with Gasteiger partial charge in [0, 0.05) is 6.92 Å². The first-order valence-electron chi connectivity index (χ1n) is 12.9. The SMILES string of the molecule is CC(=O)OCCCCCC(C)C.CCCCCCC[CH2][Sn][CH2]CCCCCCC. The van der Waals surface area contributed by atoms with Crippen molar-refractivity contribution in [3.63, 3.8) is 0 Å². The number of rotatable bonds is 20. The Morgan fingerprint density at radius 2 is 1.14 bits per heavy atom. The van der Waals surface area contributed by atoms with Crippen LogP contribution in [0.3, 0.4) is 0 Å². The molecule has 0 aromatic rings. The molecule has 0 saturated carbocycles. The van der Waals surface area contributed by atoms with Crippen molar-refractivity contribution in [3.05, 3.63) is 0 Å². The molecule has 0 aliphatic carbocycles. The number of esters is 1. The average Bonchev–Trinajstić information content (AvgIpc) is 2.68. The molecule has 3 heteroatoms. The van der Waals surface area contributed by atoms with Gasteiger partial charge in [-0.15, -0.1) is 0 Å². The van der Waals surface area contributed by atoms with Crippen molar-refractivity contribution in [2.24, 2.45) is 5.92 Å². The average molecular weight is 517 g/mol. The van der Waals surface area contributed by atoms with Crippen LogP contribution in [0.1, 0.15) is 137 Å². The molecule has 0 spiro atoms. The molecule has 0 aliphatic heterocycles. The minimum atomic E-state index is -0.168. The van der Waals surface area contributed by atoms with Gasteiger partial charge in [0.2, 0.25) is 0 Å². The Kier molecular flexibility index (Phi) is 30.7. The van der Waals surface area contributed by atoms with E-state index < -0.39 is 0 Å². The number of carbonyl (C=O) groups is 1. The summed E-state index contributed by atoms with van der Waals surface area (Å²) in [4.78, 5) is 10.4. The zero-order valence-corrected chi connectivity index (χ0v) is 23.7. The Hall–Kier alpha value is 0.269. The van der Waals surface area contributed by atoms with Crippen molar-refractivity contribution in [3.8, 4) is 0 Å². The van der Waals surface area contributed by atoms with Crippen LogP contribution in [-0.2, 0) is 9.53 Å². The molecular formula is C26H54O2Sn. The first kappa shape index (κ1) is 31.5. The van der Waals surface area contributed by atoms with Crippen molar-refractivity contribution < 1.29 is 9.53 Å². The van der Waals surface area contributed by atoms with E-state index in [0.717, 1.165) is 12.3 Å². The van der Waals surface area contributed by atoms with Gasteiger partial charge >= 0.3 is 127 Å². The van der Waals surface area contributed by atoms with E-state index in [1.54, 1.807) is 21.7 Å². The van der Waals surface area contributed by atoms with Crippen molar-refractivity contribution in [1.29, 1.82) is 0 Å². The maximum atomic E-state index is 10.4. The van der Waals surface area contributed by atoms with Crippen molar-refractivity contribution >= 4 is 27.1 Å². The monoisotopic (exact) mass is 518 g/mol. The molecule has 0 rings (SSSR count). The molecule has 0 N–H and O–H groups in total. The number of hydrogen-bond acceptors (Lipinski definition) is 2. The van der Waals surface area contributed by atoms with Crippen molar-refractivity contribution in [2.45, 2.75) is 146 Å². The molecule has 0 amide bonds. The second kappa shape index (κ2) is 28.3. The molecule has 0 bridgehead atoms. The zero-order valence-electron chi connectivity index (χ0n) is 20.8. The first-order chi connectivity index (χ1) is 14.0. The summed E-state index contributed by atoms with van der Waals surface area (Å²) in [5.41, 5.74) is 0. The van der Waals surface area contributed by atoms with Crippen LogP contribution in [0.4, 0.5) is 0 Å². The van der Waals surface area contributed by atoms with Gasteiger partial charge in [-0.1, -0.05) is 33.1 Å². The van der Waals surface area contributed by atoms with Crippen LogP contribution in [0.2, 0.25) is 8.87 Å². The minimum absolute atomic E-state index is 0.0736. The van der Waals surface area contributed by atoms with Gasteiger partial charge in [0.15, 0.2) is 0 Å². The number of ether oxygens (including phenoxy) is 1. The van der Waals surface area contributed by atoms with Gasteiger partial charge in [-0.25, -0.2) is 0 Å². The summed E-state index contributed by atoms with van der Waals surface area (Å²) in [6, 6.07) is 0. The topological polar surface area (TPSA) is 26.3 Å². The second-order valence-electron chi connectivity index (χ2n) is 8.87. The summed E-state index contributed by atoms with van der Waals surface area (Å²) in [6.45, 7) is 11.1. The Balaban J connectivity index is 0. The predicted octanol–water partition coefficient (Wildman–Crippen LogP) is 9.01. The molecule has 2 radical (unpaired) electrons. The van der Waals surface area contributed by atoms with Crippen LogP contribution in [0.15, 0.2) is 0 Å². The Labute approximate surface area is 194 Å². The molecule has 29 heavy (non-hydrogen) atoms. The normalized spacial score (nSPS) is 10.7. The molecule has 0 fully saturated rings.